The van der Waals surface area contributed by atoms with E-state index in [-0.39, 0.29) is 30.9 Å². The average molecular weight is 451 g/mol. The molecule has 2 amide bonds. The summed E-state index contributed by atoms with van der Waals surface area (Å²) >= 11 is 0. The number of fused-ring (bicyclic) bond motifs is 1. The predicted octanol–water partition coefficient (Wildman–Crippen LogP) is 1.76. The van der Waals surface area contributed by atoms with E-state index in [1.807, 2.05) is 13.8 Å². The Morgan fingerprint density at radius 2 is 2.12 bits per heavy atom. The molecule has 32 heavy (non-hydrogen) atoms. The van der Waals surface area contributed by atoms with Crippen LogP contribution in [0.1, 0.15) is 53.4 Å². The zero-order chi connectivity index (χ0) is 23.6. The van der Waals surface area contributed by atoms with Crippen molar-refractivity contribution in [3.63, 3.8) is 0 Å². The van der Waals surface area contributed by atoms with Crippen LogP contribution in [0.25, 0.3) is 0 Å². The van der Waals surface area contributed by atoms with Crippen molar-refractivity contribution < 1.29 is 29.0 Å². The second-order valence-corrected chi connectivity index (χ2v) is 9.47. The lowest BCUT2D eigenvalue weighted by Crippen LogP contribution is -2.59. The van der Waals surface area contributed by atoms with Gasteiger partial charge in [0.05, 0.1) is 37.2 Å². The summed E-state index contributed by atoms with van der Waals surface area (Å²) < 4.78 is 11.7. The number of unbranched alkanes of at least 4 members (excludes halogenated alkanes) is 1. The molecule has 2 unspecified atom stereocenters. The van der Waals surface area contributed by atoms with Gasteiger partial charge in [0.2, 0.25) is 11.8 Å². The molecular formula is C24H38N2O6. The van der Waals surface area contributed by atoms with Gasteiger partial charge in [0.15, 0.2) is 0 Å². The molecule has 0 saturated carbocycles. The van der Waals surface area contributed by atoms with E-state index in [2.05, 4.69) is 13.5 Å². The highest BCUT2D eigenvalue weighted by Gasteiger charge is 2.75. The Hall–Kier alpha value is -1.93. The van der Waals surface area contributed by atoms with E-state index in [0.29, 0.717) is 25.9 Å². The number of hydrogen-bond donors (Lipinski definition) is 1. The number of ether oxygens (including phenoxy) is 2. The fourth-order valence-corrected chi connectivity index (χ4v) is 5.82. The molecule has 6 atom stereocenters. The molecule has 2 bridgehead atoms. The maximum Gasteiger partial charge on any atom is 0.312 e. The number of rotatable bonds is 11. The Morgan fingerprint density at radius 3 is 2.69 bits per heavy atom. The summed E-state index contributed by atoms with van der Waals surface area (Å²) in [4.78, 5) is 43.9. The summed E-state index contributed by atoms with van der Waals surface area (Å²) in [6.45, 7) is 12.3. The molecular weight excluding hydrogens is 412 g/mol. The van der Waals surface area contributed by atoms with Crippen molar-refractivity contribution in [2.75, 3.05) is 26.3 Å². The number of nitrogens with zero attached hydrogens (tertiary/aromatic N) is 2. The summed E-state index contributed by atoms with van der Waals surface area (Å²) in [5, 5.41) is 10.2. The molecule has 3 heterocycles. The fraction of sp³-hybridized carbons (Fsp3) is 0.792. The van der Waals surface area contributed by atoms with Gasteiger partial charge in [-0.15, -0.1) is 6.58 Å². The highest BCUT2D eigenvalue weighted by Crippen LogP contribution is 2.59. The zero-order valence-corrected chi connectivity index (χ0v) is 19.8. The number of esters is 1. The number of likely N-dealkylation sites (tertiary alicyclic amines) is 1. The second kappa shape index (κ2) is 9.91. The van der Waals surface area contributed by atoms with E-state index in [1.165, 1.54) is 4.90 Å². The lowest BCUT2D eigenvalue weighted by molar-refractivity contribution is -0.156. The van der Waals surface area contributed by atoms with E-state index < -0.39 is 41.6 Å². The van der Waals surface area contributed by atoms with Gasteiger partial charge >= 0.3 is 5.97 Å². The van der Waals surface area contributed by atoms with Crippen LogP contribution in [0.5, 0.6) is 0 Å². The fourth-order valence-electron chi connectivity index (χ4n) is 5.82. The van der Waals surface area contributed by atoms with E-state index >= 15 is 0 Å². The maximum absolute atomic E-state index is 14.0. The van der Waals surface area contributed by atoms with E-state index in [1.54, 1.807) is 17.9 Å². The molecule has 0 aromatic carbocycles. The van der Waals surface area contributed by atoms with Crippen LogP contribution >= 0.6 is 0 Å². The van der Waals surface area contributed by atoms with Crippen LogP contribution in [0.4, 0.5) is 0 Å². The largest absolute Gasteiger partial charge is 0.466 e. The van der Waals surface area contributed by atoms with Crippen molar-refractivity contribution in [3.05, 3.63) is 12.7 Å². The van der Waals surface area contributed by atoms with Crippen LogP contribution < -0.4 is 0 Å². The Labute approximate surface area is 190 Å². The Kier molecular flexibility index (Phi) is 7.65. The van der Waals surface area contributed by atoms with E-state index in [9.17, 15) is 19.5 Å². The van der Waals surface area contributed by atoms with Gasteiger partial charge in [-0.2, -0.15) is 0 Å². The molecule has 0 aliphatic carbocycles. The monoisotopic (exact) mass is 450 g/mol. The van der Waals surface area contributed by atoms with Crippen LogP contribution in [0, 0.1) is 17.8 Å². The quantitative estimate of drug-likeness (QED) is 0.381. The molecule has 0 aromatic rings. The number of amides is 2. The van der Waals surface area contributed by atoms with Gasteiger partial charge in [0.1, 0.15) is 11.6 Å². The lowest BCUT2D eigenvalue weighted by atomic mass is 9.70. The van der Waals surface area contributed by atoms with E-state index in [0.717, 1.165) is 12.8 Å². The Balaban J connectivity index is 2.07. The van der Waals surface area contributed by atoms with Crippen LogP contribution in [0.2, 0.25) is 0 Å². The van der Waals surface area contributed by atoms with Gasteiger partial charge in [-0.1, -0.05) is 33.3 Å². The number of aliphatic hydroxyl groups excluding tert-OH is 1. The van der Waals surface area contributed by atoms with Gasteiger partial charge < -0.3 is 24.4 Å². The Bertz CT molecular complexity index is 740. The third-order valence-electron chi connectivity index (χ3n) is 7.29. The molecule has 3 aliphatic heterocycles. The number of hydrogen-bond acceptors (Lipinski definition) is 6. The van der Waals surface area contributed by atoms with E-state index in [4.69, 9.17) is 9.47 Å². The molecule has 1 spiro atoms. The summed E-state index contributed by atoms with van der Waals surface area (Å²) in [5.41, 5.74) is -1.07. The lowest BCUT2D eigenvalue weighted by Gasteiger charge is -2.40. The average Bonchev–Trinajstić information content (AvgIpc) is 3.39. The highest BCUT2D eigenvalue weighted by molar-refractivity contribution is 5.98. The van der Waals surface area contributed by atoms with Gasteiger partial charge in [-0.05, 0) is 32.1 Å². The van der Waals surface area contributed by atoms with Crippen molar-refractivity contribution in [1.29, 1.82) is 0 Å². The molecule has 0 aromatic heterocycles. The zero-order valence-electron chi connectivity index (χ0n) is 19.8. The molecule has 180 valence electrons. The predicted molar refractivity (Wildman–Crippen MR) is 118 cm³/mol. The summed E-state index contributed by atoms with van der Waals surface area (Å²) in [6, 6.07) is -1.42. The number of carbonyl (C=O) groups excluding carboxylic acids is 3. The third-order valence-corrected chi connectivity index (χ3v) is 7.29. The van der Waals surface area contributed by atoms with Crippen molar-refractivity contribution in [3.8, 4) is 0 Å². The smallest absolute Gasteiger partial charge is 0.312 e. The van der Waals surface area contributed by atoms with Crippen molar-refractivity contribution in [2.45, 2.75) is 77.2 Å². The molecule has 3 saturated heterocycles. The Morgan fingerprint density at radius 1 is 1.41 bits per heavy atom. The molecule has 3 fully saturated rings. The van der Waals surface area contributed by atoms with Gasteiger partial charge in [-0.25, -0.2) is 0 Å². The highest BCUT2D eigenvalue weighted by atomic mass is 16.6. The molecule has 3 rings (SSSR count). The molecule has 1 N–H and O–H groups in total. The maximum atomic E-state index is 14.0. The SMILES string of the molecule is C=CCN(CCCC)C(=O)C1N([C@@H](CO)C(C)C)C(=O)[C@@H]2[C@@H](C(=O)OCC)[C@H]3CCC12O3. The van der Waals surface area contributed by atoms with Gasteiger partial charge in [-0.3, -0.25) is 14.4 Å². The van der Waals surface area contributed by atoms with Crippen LogP contribution in [-0.2, 0) is 23.9 Å². The van der Waals surface area contributed by atoms with Crippen molar-refractivity contribution in [2.24, 2.45) is 17.8 Å². The van der Waals surface area contributed by atoms with Crippen molar-refractivity contribution in [1.82, 2.24) is 9.80 Å². The molecule has 3 aliphatic rings. The normalized spacial score (nSPS) is 31.7. The standard InChI is InChI=1S/C24H38N2O6/c1-6-9-13-25(12-7-2)22(29)20-24-11-10-17(32-24)18(23(30)31-8-3)19(24)21(28)26(20)16(14-27)15(4)5/h7,15-20,27H,2,6,8-14H2,1,3-5H3/t16-,17+,18-,19-,20?,24?/m0/s1. The van der Waals surface area contributed by atoms with Crippen LogP contribution in [0.3, 0.4) is 0 Å². The first-order valence-electron chi connectivity index (χ1n) is 12.0. The first-order chi connectivity index (χ1) is 15.3. The first-order valence-corrected chi connectivity index (χ1v) is 12.0. The molecule has 0 radical (unpaired) electrons. The second-order valence-electron chi connectivity index (χ2n) is 9.47. The molecule has 8 nitrogen and oxygen atoms in total. The minimum atomic E-state index is -1.07. The number of aliphatic hydroxyl groups is 1. The summed E-state index contributed by atoms with van der Waals surface area (Å²) in [7, 11) is 0. The minimum absolute atomic E-state index is 0.0729. The summed E-state index contributed by atoms with van der Waals surface area (Å²) in [5.74, 6) is -2.48. The number of carbonyl (C=O) groups is 3. The topological polar surface area (TPSA) is 96.4 Å². The minimum Gasteiger partial charge on any atom is -0.466 e. The molecule has 8 heteroatoms. The van der Waals surface area contributed by atoms with Crippen LogP contribution in [0.15, 0.2) is 12.7 Å². The van der Waals surface area contributed by atoms with Crippen LogP contribution in [-0.4, -0.2) is 82.8 Å². The van der Waals surface area contributed by atoms with Gasteiger partial charge in [0, 0.05) is 13.1 Å². The first kappa shape index (κ1) is 24.7. The summed E-state index contributed by atoms with van der Waals surface area (Å²) in [6.07, 6.45) is 4.16. The third kappa shape index (κ3) is 3.85. The van der Waals surface area contributed by atoms with Gasteiger partial charge in [0.25, 0.3) is 0 Å². The van der Waals surface area contributed by atoms with Crippen molar-refractivity contribution >= 4 is 17.8 Å².